The van der Waals surface area contributed by atoms with Crippen molar-refractivity contribution in [3.8, 4) is 23.0 Å². The van der Waals surface area contributed by atoms with Gasteiger partial charge in [0.25, 0.3) is 0 Å². The molecule has 0 bridgehead atoms. The molecule has 2 aromatic carbocycles. The highest BCUT2D eigenvalue weighted by molar-refractivity contribution is 5.55. The lowest BCUT2D eigenvalue weighted by Gasteiger charge is -2.14. The predicted molar refractivity (Wildman–Crippen MR) is 76.9 cm³/mol. The van der Waals surface area contributed by atoms with Crippen LogP contribution in [0.1, 0.15) is 5.56 Å². The van der Waals surface area contributed by atoms with Crippen molar-refractivity contribution in [3.05, 3.63) is 48.0 Å². The van der Waals surface area contributed by atoms with Gasteiger partial charge >= 0.3 is 0 Å². The lowest BCUT2D eigenvalue weighted by atomic mass is 10.2. The van der Waals surface area contributed by atoms with E-state index in [1.165, 1.54) is 0 Å². The van der Waals surface area contributed by atoms with Crippen LogP contribution in [0.15, 0.2) is 42.5 Å². The molecule has 0 aliphatic rings. The van der Waals surface area contributed by atoms with Crippen LogP contribution in [0.2, 0.25) is 0 Å². The van der Waals surface area contributed by atoms with Crippen molar-refractivity contribution in [3.63, 3.8) is 0 Å². The van der Waals surface area contributed by atoms with Crippen LogP contribution < -0.4 is 18.9 Å². The van der Waals surface area contributed by atoms with Crippen molar-refractivity contribution in [2.45, 2.75) is 6.61 Å². The molecule has 0 unspecified atom stereocenters. The van der Waals surface area contributed by atoms with Crippen LogP contribution in [-0.4, -0.2) is 21.3 Å². The molecule has 20 heavy (non-hydrogen) atoms. The van der Waals surface area contributed by atoms with Crippen molar-refractivity contribution < 1.29 is 18.9 Å². The number of ether oxygens (including phenoxy) is 4. The van der Waals surface area contributed by atoms with E-state index in [1.54, 1.807) is 33.5 Å². The first-order valence-corrected chi connectivity index (χ1v) is 6.25. The zero-order valence-corrected chi connectivity index (χ0v) is 11.9. The molecule has 0 aromatic heterocycles. The van der Waals surface area contributed by atoms with Crippen LogP contribution in [0, 0.1) is 0 Å². The largest absolute Gasteiger partial charge is 0.493 e. The Bertz CT molecular complexity index is 527. The summed E-state index contributed by atoms with van der Waals surface area (Å²) in [7, 11) is 4.74. The van der Waals surface area contributed by atoms with Gasteiger partial charge in [-0.1, -0.05) is 30.3 Å². The Morgan fingerprint density at radius 3 is 1.90 bits per heavy atom. The fraction of sp³-hybridized carbons (Fsp3) is 0.250. The van der Waals surface area contributed by atoms with Gasteiger partial charge in [0.1, 0.15) is 12.4 Å². The van der Waals surface area contributed by atoms with Crippen LogP contribution in [-0.2, 0) is 6.61 Å². The second kappa shape index (κ2) is 6.70. The summed E-state index contributed by atoms with van der Waals surface area (Å²) in [5.74, 6) is 2.38. The van der Waals surface area contributed by atoms with Gasteiger partial charge < -0.3 is 18.9 Å². The third-order valence-corrected chi connectivity index (χ3v) is 2.89. The van der Waals surface area contributed by atoms with Gasteiger partial charge in [0.2, 0.25) is 5.75 Å². The number of methoxy groups -OCH3 is 3. The molecule has 0 saturated heterocycles. The minimum absolute atomic E-state index is 0.486. The number of hydrogen-bond donors (Lipinski definition) is 0. The normalized spacial score (nSPS) is 9.95. The molecule has 106 valence electrons. The highest BCUT2D eigenvalue weighted by Crippen LogP contribution is 2.40. The molecule has 4 nitrogen and oxygen atoms in total. The van der Waals surface area contributed by atoms with Gasteiger partial charge in [-0.15, -0.1) is 0 Å². The van der Waals surface area contributed by atoms with Crippen molar-refractivity contribution in [1.82, 2.24) is 0 Å². The van der Waals surface area contributed by atoms with Gasteiger partial charge in [0.05, 0.1) is 21.3 Å². The van der Waals surface area contributed by atoms with E-state index in [1.807, 2.05) is 30.3 Å². The third-order valence-electron chi connectivity index (χ3n) is 2.89. The fourth-order valence-corrected chi connectivity index (χ4v) is 1.88. The lowest BCUT2D eigenvalue weighted by Crippen LogP contribution is -1.99. The standard InChI is InChI=1S/C16H18O4/c1-17-14-9-13(10-15(18-2)16(14)19-3)20-11-12-7-5-4-6-8-12/h4-10H,11H2,1-3H3. The Kier molecular flexibility index (Phi) is 4.71. The summed E-state index contributed by atoms with van der Waals surface area (Å²) >= 11 is 0. The van der Waals surface area contributed by atoms with Crippen LogP contribution in [0.3, 0.4) is 0 Å². The number of hydrogen-bond acceptors (Lipinski definition) is 4. The summed E-state index contributed by atoms with van der Waals surface area (Å²) in [4.78, 5) is 0. The summed E-state index contributed by atoms with van der Waals surface area (Å²) < 4.78 is 21.6. The van der Waals surface area contributed by atoms with E-state index < -0.39 is 0 Å². The minimum atomic E-state index is 0.486. The highest BCUT2D eigenvalue weighted by atomic mass is 16.5. The average Bonchev–Trinajstić information content (AvgIpc) is 2.52. The maximum atomic E-state index is 5.76. The molecule has 0 saturated carbocycles. The zero-order valence-electron chi connectivity index (χ0n) is 11.9. The fourth-order valence-electron chi connectivity index (χ4n) is 1.88. The second-order valence-electron chi connectivity index (χ2n) is 4.14. The molecule has 0 amide bonds. The summed E-state index contributed by atoms with van der Waals surface area (Å²) in [5.41, 5.74) is 1.10. The van der Waals surface area contributed by atoms with Crippen LogP contribution in [0.4, 0.5) is 0 Å². The van der Waals surface area contributed by atoms with Gasteiger partial charge in [-0.2, -0.15) is 0 Å². The van der Waals surface area contributed by atoms with E-state index in [-0.39, 0.29) is 0 Å². The topological polar surface area (TPSA) is 36.9 Å². The Hall–Kier alpha value is -2.36. The molecule has 0 heterocycles. The highest BCUT2D eigenvalue weighted by Gasteiger charge is 2.13. The summed E-state index contributed by atoms with van der Waals surface area (Å²) in [5, 5.41) is 0. The van der Waals surface area contributed by atoms with Crippen LogP contribution >= 0.6 is 0 Å². The van der Waals surface area contributed by atoms with E-state index in [0.717, 1.165) is 5.56 Å². The Balaban J connectivity index is 2.19. The molecule has 2 aromatic rings. The first-order chi connectivity index (χ1) is 9.78. The quantitative estimate of drug-likeness (QED) is 0.810. The lowest BCUT2D eigenvalue weighted by molar-refractivity contribution is 0.291. The van der Waals surface area contributed by atoms with Crippen molar-refractivity contribution in [1.29, 1.82) is 0 Å². The molecule has 0 aliphatic heterocycles. The molecule has 0 N–H and O–H groups in total. The molecule has 0 fully saturated rings. The van der Waals surface area contributed by atoms with Crippen molar-refractivity contribution in [2.75, 3.05) is 21.3 Å². The average molecular weight is 274 g/mol. The smallest absolute Gasteiger partial charge is 0.203 e. The first kappa shape index (κ1) is 14.1. The first-order valence-electron chi connectivity index (χ1n) is 6.25. The summed E-state index contributed by atoms with van der Waals surface area (Å²) in [6, 6.07) is 13.5. The van der Waals surface area contributed by atoms with E-state index in [9.17, 15) is 0 Å². The summed E-state index contributed by atoms with van der Waals surface area (Å²) in [6.07, 6.45) is 0. The van der Waals surface area contributed by atoms with E-state index in [4.69, 9.17) is 18.9 Å². The van der Waals surface area contributed by atoms with Crippen molar-refractivity contribution in [2.24, 2.45) is 0 Å². The molecule has 2 rings (SSSR count). The molecule has 0 aliphatic carbocycles. The molecule has 0 spiro atoms. The Labute approximate surface area is 118 Å². The van der Waals surface area contributed by atoms with Crippen LogP contribution in [0.5, 0.6) is 23.0 Å². The maximum Gasteiger partial charge on any atom is 0.203 e. The Morgan fingerprint density at radius 1 is 0.800 bits per heavy atom. The number of benzene rings is 2. The van der Waals surface area contributed by atoms with Gasteiger partial charge in [-0.3, -0.25) is 0 Å². The third kappa shape index (κ3) is 3.15. The van der Waals surface area contributed by atoms with E-state index >= 15 is 0 Å². The molecule has 0 atom stereocenters. The molecule has 0 radical (unpaired) electrons. The number of rotatable bonds is 6. The van der Waals surface area contributed by atoms with Gasteiger partial charge in [0.15, 0.2) is 11.5 Å². The second-order valence-corrected chi connectivity index (χ2v) is 4.14. The van der Waals surface area contributed by atoms with Crippen LogP contribution in [0.25, 0.3) is 0 Å². The molecule has 4 heteroatoms. The van der Waals surface area contributed by atoms with Gasteiger partial charge in [-0.25, -0.2) is 0 Å². The van der Waals surface area contributed by atoms with Gasteiger partial charge in [0, 0.05) is 12.1 Å². The van der Waals surface area contributed by atoms with E-state index in [2.05, 4.69) is 0 Å². The monoisotopic (exact) mass is 274 g/mol. The summed E-state index contributed by atoms with van der Waals surface area (Å²) in [6.45, 7) is 0.486. The predicted octanol–water partition coefficient (Wildman–Crippen LogP) is 3.29. The van der Waals surface area contributed by atoms with Gasteiger partial charge in [-0.05, 0) is 5.56 Å². The maximum absolute atomic E-state index is 5.76. The Morgan fingerprint density at radius 2 is 1.40 bits per heavy atom. The minimum Gasteiger partial charge on any atom is -0.493 e. The SMILES string of the molecule is COc1cc(OCc2ccccc2)cc(OC)c1OC. The zero-order chi connectivity index (χ0) is 14.4. The molecular weight excluding hydrogens is 256 g/mol. The van der Waals surface area contributed by atoms with Crippen molar-refractivity contribution >= 4 is 0 Å². The van der Waals surface area contributed by atoms with E-state index in [0.29, 0.717) is 29.6 Å². The molecular formula is C16H18O4.